The maximum absolute atomic E-state index is 13.8. The molecule has 1 aromatic heterocycles. The number of hydrogen-bond acceptors (Lipinski definition) is 6. The van der Waals surface area contributed by atoms with Gasteiger partial charge in [-0.1, -0.05) is 29.8 Å². The molecule has 10 heteroatoms. The van der Waals surface area contributed by atoms with E-state index < -0.39 is 11.7 Å². The van der Waals surface area contributed by atoms with E-state index >= 15 is 0 Å². The highest BCUT2D eigenvalue weighted by molar-refractivity contribution is 7.99. The normalized spacial score (nSPS) is 16.5. The van der Waals surface area contributed by atoms with Gasteiger partial charge in [0.05, 0.1) is 5.56 Å². The Morgan fingerprint density at radius 1 is 1.05 bits per heavy atom. The SMILES string of the molecule is Cc1ccc(-c2cnccc2SCC2CCN(C(=O)CCNc3ccc(N4CCNCC4)c(C(F)(F)F)c3)CC2)cc1. The maximum Gasteiger partial charge on any atom is 0.418 e. The molecular weight excluding hydrogens is 559 g/mol. The minimum absolute atomic E-state index is 0.0397. The zero-order chi connectivity index (χ0) is 29.5. The summed E-state index contributed by atoms with van der Waals surface area (Å²) in [5, 5.41) is 6.21. The van der Waals surface area contributed by atoms with Crippen LogP contribution in [0.15, 0.2) is 65.8 Å². The van der Waals surface area contributed by atoms with Crippen molar-refractivity contribution in [2.45, 2.75) is 37.3 Å². The molecule has 3 aromatic rings. The number of carbonyl (C=O) groups excluding carboxylic acids is 1. The van der Waals surface area contributed by atoms with Gasteiger partial charge in [0.25, 0.3) is 0 Å². The Bertz CT molecular complexity index is 1340. The van der Waals surface area contributed by atoms with E-state index in [1.165, 1.54) is 16.5 Å². The van der Waals surface area contributed by atoms with Crippen LogP contribution in [0.2, 0.25) is 0 Å². The van der Waals surface area contributed by atoms with Crippen LogP contribution < -0.4 is 15.5 Å². The molecule has 2 aromatic carbocycles. The summed E-state index contributed by atoms with van der Waals surface area (Å²) in [7, 11) is 0. The lowest BCUT2D eigenvalue weighted by molar-refractivity contribution is -0.137. The molecule has 1 amide bonds. The summed E-state index contributed by atoms with van der Waals surface area (Å²) in [5.74, 6) is 1.54. The number of carbonyl (C=O) groups is 1. The minimum Gasteiger partial charge on any atom is -0.385 e. The first-order valence-corrected chi connectivity index (χ1v) is 15.6. The van der Waals surface area contributed by atoms with Gasteiger partial charge in [0.1, 0.15) is 0 Å². The molecule has 2 fully saturated rings. The fraction of sp³-hybridized carbons (Fsp3) is 0.438. The Morgan fingerprint density at radius 2 is 1.79 bits per heavy atom. The van der Waals surface area contributed by atoms with Crippen LogP contribution in [0.1, 0.15) is 30.4 Å². The summed E-state index contributed by atoms with van der Waals surface area (Å²) in [5.41, 5.74) is 3.48. The van der Waals surface area contributed by atoms with E-state index in [2.05, 4.69) is 52.9 Å². The fourth-order valence-electron chi connectivity index (χ4n) is 5.54. The van der Waals surface area contributed by atoms with Gasteiger partial charge < -0.3 is 20.4 Å². The number of alkyl halides is 3. The van der Waals surface area contributed by atoms with Crippen molar-refractivity contribution in [1.82, 2.24) is 15.2 Å². The zero-order valence-corrected chi connectivity index (χ0v) is 24.7. The summed E-state index contributed by atoms with van der Waals surface area (Å²) >= 11 is 1.85. The Balaban J connectivity index is 1.08. The first-order valence-electron chi connectivity index (χ1n) is 14.6. The number of hydrogen-bond donors (Lipinski definition) is 2. The first kappa shape index (κ1) is 30.2. The van der Waals surface area contributed by atoms with Gasteiger partial charge in [0.2, 0.25) is 5.91 Å². The topological polar surface area (TPSA) is 60.5 Å². The largest absolute Gasteiger partial charge is 0.418 e. The van der Waals surface area contributed by atoms with E-state index in [9.17, 15) is 18.0 Å². The van der Waals surface area contributed by atoms with Crippen molar-refractivity contribution in [2.24, 2.45) is 5.92 Å². The maximum atomic E-state index is 13.8. The number of rotatable bonds is 9. The van der Waals surface area contributed by atoms with Crippen molar-refractivity contribution >= 4 is 29.0 Å². The van der Waals surface area contributed by atoms with Crippen molar-refractivity contribution in [3.63, 3.8) is 0 Å². The second kappa shape index (κ2) is 13.8. The van der Waals surface area contributed by atoms with Crippen LogP contribution in [0.5, 0.6) is 0 Å². The molecule has 0 radical (unpaired) electrons. The van der Waals surface area contributed by atoms with Gasteiger partial charge in [0, 0.05) is 92.2 Å². The molecule has 2 aliphatic heterocycles. The number of pyridine rings is 1. The lowest BCUT2D eigenvalue weighted by Crippen LogP contribution is -2.44. The third-order valence-corrected chi connectivity index (χ3v) is 9.32. The standard InChI is InChI=1S/C32H38F3N5OS/c1-23-2-4-25(5-3-23)27-21-37-12-8-30(27)42-22-24-10-16-40(17-11-24)31(41)9-13-38-26-6-7-29(28(20-26)32(33,34)35)39-18-14-36-15-19-39/h2-8,12,20-21,24,36,38H,9-11,13-19,22H2,1H3. The quantitative estimate of drug-likeness (QED) is 0.282. The number of aromatic nitrogens is 1. The van der Waals surface area contributed by atoms with Crippen molar-refractivity contribution in [3.8, 4) is 11.1 Å². The van der Waals surface area contributed by atoms with Crippen LogP contribution in [0.25, 0.3) is 11.1 Å². The van der Waals surface area contributed by atoms with Gasteiger partial charge in [-0.3, -0.25) is 9.78 Å². The number of nitrogens with one attached hydrogen (secondary N) is 2. The van der Waals surface area contributed by atoms with Gasteiger partial charge in [0.15, 0.2) is 0 Å². The highest BCUT2D eigenvalue weighted by atomic mass is 32.2. The summed E-state index contributed by atoms with van der Waals surface area (Å²) in [6, 6.07) is 14.9. The molecule has 6 nitrogen and oxygen atoms in total. The molecule has 0 bridgehead atoms. The molecule has 42 heavy (non-hydrogen) atoms. The summed E-state index contributed by atoms with van der Waals surface area (Å²) in [4.78, 5) is 22.1. The highest BCUT2D eigenvalue weighted by Gasteiger charge is 2.35. The molecule has 0 atom stereocenters. The molecule has 2 N–H and O–H groups in total. The number of likely N-dealkylation sites (tertiary alicyclic amines) is 1. The van der Waals surface area contributed by atoms with Crippen molar-refractivity contribution in [3.05, 3.63) is 72.1 Å². The summed E-state index contributed by atoms with van der Waals surface area (Å²) < 4.78 is 41.5. The number of aryl methyl sites for hydroxylation is 1. The second-order valence-corrected chi connectivity index (χ2v) is 12.1. The Labute approximate surface area is 250 Å². The van der Waals surface area contributed by atoms with Crippen LogP contribution in [0.4, 0.5) is 24.5 Å². The molecule has 0 aliphatic carbocycles. The van der Waals surface area contributed by atoms with Crippen molar-refractivity contribution in [2.75, 3.05) is 61.8 Å². The molecule has 224 valence electrons. The zero-order valence-electron chi connectivity index (χ0n) is 23.9. The van der Waals surface area contributed by atoms with Crippen molar-refractivity contribution in [1.29, 1.82) is 0 Å². The number of thioether (sulfide) groups is 1. The first-order chi connectivity index (χ1) is 20.3. The third kappa shape index (κ3) is 7.77. The number of amides is 1. The lowest BCUT2D eigenvalue weighted by Gasteiger charge is -2.32. The summed E-state index contributed by atoms with van der Waals surface area (Å²) in [6.07, 6.45) is 1.44. The molecule has 2 saturated heterocycles. The molecule has 5 rings (SSSR count). The molecule has 0 spiro atoms. The number of halogens is 3. The monoisotopic (exact) mass is 597 g/mol. The average molecular weight is 598 g/mol. The van der Waals surface area contributed by atoms with E-state index in [4.69, 9.17) is 0 Å². The minimum atomic E-state index is -4.45. The highest BCUT2D eigenvalue weighted by Crippen LogP contribution is 2.38. The smallest absolute Gasteiger partial charge is 0.385 e. The second-order valence-electron chi connectivity index (χ2n) is 11.0. The van der Waals surface area contributed by atoms with Crippen LogP contribution in [-0.4, -0.2) is 67.4 Å². The lowest BCUT2D eigenvalue weighted by atomic mass is 9.99. The van der Waals surface area contributed by atoms with Crippen molar-refractivity contribution < 1.29 is 18.0 Å². The van der Waals surface area contributed by atoms with E-state index in [1.54, 1.807) is 11.0 Å². The molecule has 0 saturated carbocycles. The Kier molecular flexibility index (Phi) is 9.95. The predicted octanol–water partition coefficient (Wildman–Crippen LogP) is 6.32. The van der Waals surface area contributed by atoms with Gasteiger partial charge in [-0.15, -0.1) is 11.8 Å². The van der Waals surface area contributed by atoms with Crippen LogP contribution in [-0.2, 0) is 11.0 Å². The van der Waals surface area contributed by atoms with Crippen LogP contribution in [0, 0.1) is 12.8 Å². The van der Waals surface area contributed by atoms with Gasteiger partial charge >= 0.3 is 6.18 Å². The van der Waals surface area contributed by atoms with Crippen LogP contribution in [0.3, 0.4) is 0 Å². The molecule has 3 heterocycles. The Hall–Kier alpha value is -3.24. The van der Waals surface area contributed by atoms with Gasteiger partial charge in [-0.2, -0.15) is 13.2 Å². The fourth-order valence-corrected chi connectivity index (χ4v) is 6.77. The average Bonchev–Trinajstić information content (AvgIpc) is 3.01. The molecule has 2 aliphatic rings. The van der Waals surface area contributed by atoms with Gasteiger partial charge in [-0.25, -0.2) is 0 Å². The number of piperazine rings is 1. The summed E-state index contributed by atoms with van der Waals surface area (Å²) in [6.45, 7) is 6.20. The number of anilines is 2. The molecule has 0 unspecified atom stereocenters. The Morgan fingerprint density at radius 3 is 2.50 bits per heavy atom. The number of piperidine rings is 1. The van der Waals surface area contributed by atoms with Crippen LogP contribution >= 0.6 is 11.8 Å². The third-order valence-electron chi connectivity index (χ3n) is 8.01. The van der Waals surface area contributed by atoms with E-state index in [0.717, 1.165) is 35.8 Å². The molecular formula is C32H38F3N5OS. The van der Waals surface area contributed by atoms with E-state index in [1.807, 2.05) is 29.1 Å². The van der Waals surface area contributed by atoms with E-state index in [0.29, 0.717) is 57.4 Å². The van der Waals surface area contributed by atoms with Gasteiger partial charge in [-0.05, 0) is 55.5 Å². The number of benzene rings is 2. The number of nitrogens with zero attached hydrogens (tertiary/aromatic N) is 3. The predicted molar refractivity (Wildman–Crippen MR) is 164 cm³/mol. The van der Waals surface area contributed by atoms with E-state index in [-0.39, 0.29) is 18.0 Å².